The van der Waals surface area contributed by atoms with Crippen molar-refractivity contribution in [2.45, 2.75) is 31.3 Å². The molecule has 0 radical (unpaired) electrons. The van der Waals surface area contributed by atoms with Crippen molar-refractivity contribution in [1.82, 2.24) is 19.7 Å². The minimum absolute atomic E-state index is 0.540. The SMILES string of the molecule is CCOc1ccccc1-c1noc(CSc2nc3ccccc3n2CC)n1. The Kier molecular flexibility index (Phi) is 5.11. The standard InChI is InChI=1S/C20H20N4O2S/c1-3-24-16-11-7-6-10-15(16)21-20(24)27-13-18-22-19(23-26-18)14-9-5-8-12-17(14)25-4-2/h5-12H,3-4,13H2,1-2H3. The second-order valence-corrected chi connectivity index (χ2v) is 6.80. The minimum atomic E-state index is 0.540. The number of imidazole rings is 1. The van der Waals surface area contributed by atoms with Gasteiger partial charge in [-0.2, -0.15) is 4.98 Å². The number of aryl methyl sites for hydroxylation is 1. The average Bonchev–Trinajstić information content (AvgIpc) is 3.31. The van der Waals surface area contributed by atoms with Gasteiger partial charge >= 0.3 is 0 Å². The fourth-order valence-corrected chi connectivity index (χ4v) is 3.87. The molecule has 2 heterocycles. The van der Waals surface area contributed by atoms with E-state index in [1.165, 1.54) is 0 Å². The van der Waals surface area contributed by atoms with Crippen LogP contribution in [-0.2, 0) is 12.3 Å². The molecular weight excluding hydrogens is 360 g/mol. The number of hydrogen-bond donors (Lipinski definition) is 0. The number of fused-ring (bicyclic) bond motifs is 1. The van der Waals surface area contributed by atoms with Crippen molar-refractivity contribution in [2.24, 2.45) is 0 Å². The van der Waals surface area contributed by atoms with Crippen LogP contribution in [0.4, 0.5) is 0 Å². The molecule has 0 spiro atoms. The molecule has 4 aromatic rings. The first-order chi connectivity index (χ1) is 13.3. The van der Waals surface area contributed by atoms with Gasteiger partial charge in [0.05, 0.1) is 29.0 Å². The largest absolute Gasteiger partial charge is 0.493 e. The number of aromatic nitrogens is 4. The monoisotopic (exact) mass is 380 g/mol. The molecule has 0 aliphatic rings. The Bertz CT molecular complexity index is 1060. The summed E-state index contributed by atoms with van der Waals surface area (Å²) in [5, 5.41) is 5.07. The molecule has 2 aromatic heterocycles. The second-order valence-electron chi connectivity index (χ2n) is 5.86. The summed E-state index contributed by atoms with van der Waals surface area (Å²) in [5.41, 5.74) is 2.97. The molecule has 0 atom stereocenters. The molecule has 0 aliphatic heterocycles. The van der Waals surface area contributed by atoms with Gasteiger partial charge in [-0.25, -0.2) is 4.98 Å². The number of nitrogens with zero attached hydrogens (tertiary/aromatic N) is 4. The first-order valence-electron chi connectivity index (χ1n) is 8.93. The second kappa shape index (κ2) is 7.84. The fourth-order valence-electron chi connectivity index (χ4n) is 2.95. The normalized spacial score (nSPS) is 11.2. The van der Waals surface area contributed by atoms with Crippen LogP contribution in [0.3, 0.4) is 0 Å². The van der Waals surface area contributed by atoms with Crippen LogP contribution >= 0.6 is 11.8 Å². The van der Waals surface area contributed by atoms with Crippen molar-refractivity contribution in [2.75, 3.05) is 6.61 Å². The lowest BCUT2D eigenvalue weighted by molar-refractivity contribution is 0.341. The Balaban J connectivity index is 1.54. The molecule has 2 aromatic carbocycles. The summed E-state index contributed by atoms with van der Waals surface area (Å²) in [4.78, 5) is 9.25. The van der Waals surface area contributed by atoms with E-state index in [2.05, 4.69) is 27.7 Å². The van der Waals surface area contributed by atoms with E-state index < -0.39 is 0 Å². The Morgan fingerprint density at radius 3 is 2.70 bits per heavy atom. The maximum atomic E-state index is 5.65. The molecule has 7 heteroatoms. The Hall–Kier alpha value is -2.80. The highest BCUT2D eigenvalue weighted by Gasteiger charge is 2.15. The zero-order chi connectivity index (χ0) is 18.6. The maximum absolute atomic E-state index is 5.65. The summed E-state index contributed by atoms with van der Waals surface area (Å²) in [6, 6.07) is 15.9. The van der Waals surface area contributed by atoms with Crippen LogP contribution in [0.1, 0.15) is 19.7 Å². The molecule has 6 nitrogen and oxygen atoms in total. The van der Waals surface area contributed by atoms with Gasteiger partial charge < -0.3 is 13.8 Å². The topological polar surface area (TPSA) is 66.0 Å². The van der Waals surface area contributed by atoms with Crippen molar-refractivity contribution in [1.29, 1.82) is 0 Å². The van der Waals surface area contributed by atoms with Crippen LogP contribution in [0.25, 0.3) is 22.4 Å². The van der Waals surface area contributed by atoms with Crippen LogP contribution in [0, 0.1) is 0 Å². The molecule has 138 valence electrons. The van der Waals surface area contributed by atoms with Crippen LogP contribution in [-0.4, -0.2) is 26.3 Å². The predicted molar refractivity (Wildman–Crippen MR) is 106 cm³/mol. The smallest absolute Gasteiger partial charge is 0.237 e. The maximum Gasteiger partial charge on any atom is 0.237 e. The summed E-state index contributed by atoms with van der Waals surface area (Å²) in [6.07, 6.45) is 0. The summed E-state index contributed by atoms with van der Waals surface area (Å²) in [7, 11) is 0. The summed E-state index contributed by atoms with van der Waals surface area (Å²) >= 11 is 1.60. The van der Waals surface area contributed by atoms with Gasteiger partial charge in [0.2, 0.25) is 11.7 Å². The first-order valence-corrected chi connectivity index (χ1v) is 9.91. The number of rotatable bonds is 7. The van der Waals surface area contributed by atoms with Gasteiger partial charge in [0.15, 0.2) is 5.16 Å². The van der Waals surface area contributed by atoms with Crippen LogP contribution < -0.4 is 4.74 Å². The number of para-hydroxylation sites is 3. The predicted octanol–water partition coefficient (Wildman–Crippen LogP) is 4.80. The molecule has 0 saturated heterocycles. The molecule has 27 heavy (non-hydrogen) atoms. The van der Waals surface area contributed by atoms with E-state index in [0.717, 1.165) is 34.0 Å². The van der Waals surface area contributed by atoms with E-state index in [-0.39, 0.29) is 0 Å². The molecular formula is C20H20N4O2S. The number of hydrogen-bond acceptors (Lipinski definition) is 6. The minimum Gasteiger partial charge on any atom is -0.493 e. The van der Waals surface area contributed by atoms with Crippen molar-refractivity contribution < 1.29 is 9.26 Å². The van der Waals surface area contributed by atoms with E-state index in [1.54, 1.807) is 11.8 Å². The quantitative estimate of drug-likeness (QED) is 0.429. The molecule has 0 aliphatic carbocycles. The summed E-state index contributed by atoms with van der Waals surface area (Å²) in [5.74, 6) is 2.43. The van der Waals surface area contributed by atoms with E-state index in [0.29, 0.717) is 24.1 Å². The third-order valence-electron chi connectivity index (χ3n) is 4.16. The fraction of sp³-hybridized carbons (Fsp3) is 0.250. The zero-order valence-corrected chi connectivity index (χ0v) is 16.1. The number of thioether (sulfide) groups is 1. The van der Waals surface area contributed by atoms with Crippen molar-refractivity contribution >= 4 is 22.8 Å². The molecule has 0 fully saturated rings. The molecule has 0 saturated carbocycles. The Morgan fingerprint density at radius 2 is 1.85 bits per heavy atom. The van der Waals surface area contributed by atoms with Gasteiger partial charge in [0.25, 0.3) is 0 Å². The van der Waals surface area contributed by atoms with E-state index in [1.807, 2.05) is 49.4 Å². The lowest BCUT2D eigenvalue weighted by Gasteiger charge is -2.06. The van der Waals surface area contributed by atoms with Gasteiger partial charge in [-0.3, -0.25) is 0 Å². The van der Waals surface area contributed by atoms with Crippen LogP contribution in [0.5, 0.6) is 5.75 Å². The van der Waals surface area contributed by atoms with Crippen molar-refractivity contribution in [3.05, 3.63) is 54.4 Å². The number of ether oxygens (including phenoxy) is 1. The highest BCUT2D eigenvalue weighted by Crippen LogP contribution is 2.30. The Labute approximate surface area is 161 Å². The molecule has 4 rings (SSSR count). The highest BCUT2D eigenvalue weighted by molar-refractivity contribution is 7.98. The lowest BCUT2D eigenvalue weighted by Crippen LogP contribution is -1.96. The first kappa shape index (κ1) is 17.6. The lowest BCUT2D eigenvalue weighted by atomic mass is 10.2. The van der Waals surface area contributed by atoms with Gasteiger partial charge in [0.1, 0.15) is 5.75 Å². The summed E-state index contributed by atoms with van der Waals surface area (Å²) in [6.45, 7) is 5.52. The third-order valence-corrected chi connectivity index (χ3v) is 5.12. The van der Waals surface area contributed by atoms with Gasteiger partial charge in [-0.1, -0.05) is 41.2 Å². The van der Waals surface area contributed by atoms with E-state index in [4.69, 9.17) is 14.2 Å². The van der Waals surface area contributed by atoms with Crippen LogP contribution in [0.15, 0.2) is 58.2 Å². The Morgan fingerprint density at radius 1 is 1.04 bits per heavy atom. The molecule has 0 amide bonds. The zero-order valence-electron chi connectivity index (χ0n) is 15.3. The van der Waals surface area contributed by atoms with Gasteiger partial charge in [0, 0.05) is 6.54 Å². The van der Waals surface area contributed by atoms with E-state index in [9.17, 15) is 0 Å². The molecule has 0 unspecified atom stereocenters. The van der Waals surface area contributed by atoms with Gasteiger partial charge in [-0.15, -0.1) is 0 Å². The van der Waals surface area contributed by atoms with Crippen molar-refractivity contribution in [3.63, 3.8) is 0 Å². The molecule has 0 N–H and O–H groups in total. The van der Waals surface area contributed by atoms with Crippen molar-refractivity contribution in [3.8, 4) is 17.1 Å². The summed E-state index contributed by atoms with van der Waals surface area (Å²) < 4.78 is 13.3. The number of benzene rings is 2. The van der Waals surface area contributed by atoms with E-state index >= 15 is 0 Å². The average molecular weight is 380 g/mol. The van der Waals surface area contributed by atoms with Crippen LogP contribution in [0.2, 0.25) is 0 Å². The highest BCUT2D eigenvalue weighted by atomic mass is 32.2. The third kappa shape index (κ3) is 3.55. The molecule has 0 bridgehead atoms. The van der Waals surface area contributed by atoms with Gasteiger partial charge in [-0.05, 0) is 38.1 Å².